The number of aromatic nitrogens is 2. The Morgan fingerprint density at radius 3 is 2.63 bits per heavy atom. The number of nitrogens with zero attached hydrogens (tertiary/aromatic N) is 3. The van der Waals surface area contributed by atoms with Crippen LogP contribution >= 0.6 is 0 Å². The third-order valence-electron chi connectivity index (χ3n) is 4.80. The van der Waals surface area contributed by atoms with Crippen molar-refractivity contribution >= 4 is 5.91 Å². The van der Waals surface area contributed by atoms with Gasteiger partial charge in [-0.3, -0.25) is 9.78 Å². The van der Waals surface area contributed by atoms with Gasteiger partial charge in [0.2, 0.25) is 5.89 Å². The van der Waals surface area contributed by atoms with E-state index in [1.165, 1.54) is 18.4 Å². The van der Waals surface area contributed by atoms with Gasteiger partial charge >= 0.3 is 0 Å². The molecule has 1 N–H and O–H groups in total. The molecular weight excluding hydrogens is 349 g/mol. The van der Waals surface area contributed by atoms with Crippen LogP contribution in [0.25, 0.3) is 11.1 Å². The molecule has 2 atom stereocenters. The third kappa shape index (κ3) is 3.46. The highest BCUT2D eigenvalue weighted by Crippen LogP contribution is 2.22. The molecule has 1 aliphatic heterocycles. The molecule has 1 fully saturated rings. The molecule has 27 heavy (non-hydrogen) atoms. The van der Waals surface area contributed by atoms with Gasteiger partial charge in [-0.05, 0) is 30.7 Å². The van der Waals surface area contributed by atoms with Crippen molar-refractivity contribution in [2.75, 3.05) is 6.54 Å². The lowest BCUT2D eigenvalue weighted by molar-refractivity contribution is -0.0360. The number of amides is 1. The molecule has 0 aliphatic carbocycles. The minimum Gasteiger partial charge on any atom is -0.448 e. The van der Waals surface area contributed by atoms with Crippen molar-refractivity contribution in [3.05, 3.63) is 72.0 Å². The van der Waals surface area contributed by atoms with E-state index in [-0.39, 0.29) is 23.5 Å². The van der Waals surface area contributed by atoms with Gasteiger partial charge in [0.25, 0.3) is 5.91 Å². The predicted octanol–water partition coefficient (Wildman–Crippen LogP) is 2.67. The highest BCUT2D eigenvalue weighted by atomic mass is 19.1. The number of benzene rings is 1. The number of hydrogen-bond acceptors (Lipinski definition) is 5. The molecule has 1 aliphatic rings. The quantitative estimate of drug-likeness (QED) is 0.767. The highest BCUT2D eigenvalue weighted by molar-refractivity contribution is 5.92. The monoisotopic (exact) mass is 367 g/mol. The normalized spacial score (nSPS) is 19.0. The Labute approximate surface area is 155 Å². The molecule has 4 rings (SSSR count). The number of aliphatic hydroxyl groups excluding tert-OH is 1. The summed E-state index contributed by atoms with van der Waals surface area (Å²) < 4.78 is 18.4. The van der Waals surface area contributed by atoms with Crippen LogP contribution in [0.1, 0.15) is 29.0 Å². The molecule has 0 spiro atoms. The van der Waals surface area contributed by atoms with E-state index in [2.05, 4.69) is 9.97 Å². The van der Waals surface area contributed by atoms with Crippen LogP contribution in [0.15, 0.2) is 53.3 Å². The molecule has 3 aromatic rings. The lowest BCUT2D eigenvalue weighted by Gasteiger charge is -2.42. The van der Waals surface area contributed by atoms with Crippen LogP contribution in [0, 0.1) is 5.82 Å². The summed E-state index contributed by atoms with van der Waals surface area (Å²) in [5, 5.41) is 9.54. The van der Waals surface area contributed by atoms with Gasteiger partial charge in [0.05, 0.1) is 18.6 Å². The Morgan fingerprint density at radius 1 is 1.26 bits per heavy atom. The molecular formula is C20H18FN3O3. The van der Waals surface area contributed by atoms with E-state index >= 15 is 0 Å². The fourth-order valence-electron chi connectivity index (χ4n) is 2.99. The summed E-state index contributed by atoms with van der Waals surface area (Å²) in [5.74, 6) is -0.128. The predicted molar refractivity (Wildman–Crippen MR) is 95.4 cm³/mol. The van der Waals surface area contributed by atoms with E-state index in [1.54, 1.807) is 30.2 Å². The Balaban J connectivity index is 1.43. The van der Waals surface area contributed by atoms with Crippen molar-refractivity contribution in [2.45, 2.75) is 25.5 Å². The van der Waals surface area contributed by atoms with Crippen LogP contribution in [0.4, 0.5) is 4.39 Å². The first-order valence-electron chi connectivity index (χ1n) is 8.65. The maximum atomic E-state index is 13.0. The van der Waals surface area contributed by atoms with E-state index in [0.717, 1.165) is 16.8 Å². The van der Waals surface area contributed by atoms with Crippen LogP contribution in [-0.4, -0.2) is 44.6 Å². The van der Waals surface area contributed by atoms with Gasteiger partial charge in [-0.25, -0.2) is 9.37 Å². The second kappa shape index (κ2) is 6.92. The topological polar surface area (TPSA) is 79.5 Å². The summed E-state index contributed by atoms with van der Waals surface area (Å²) in [6.45, 7) is 2.11. The van der Waals surface area contributed by atoms with Crippen molar-refractivity contribution in [3.63, 3.8) is 0 Å². The fraction of sp³-hybridized carbons (Fsp3) is 0.250. The van der Waals surface area contributed by atoms with Crippen LogP contribution in [-0.2, 0) is 6.42 Å². The number of carbonyl (C=O) groups is 1. The summed E-state index contributed by atoms with van der Waals surface area (Å²) in [7, 11) is 0. The van der Waals surface area contributed by atoms with Gasteiger partial charge in [0.15, 0.2) is 5.69 Å². The Hall–Kier alpha value is -3.06. The molecule has 0 bridgehead atoms. The number of pyridine rings is 1. The van der Waals surface area contributed by atoms with Crippen LogP contribution in [0.2, 0.25) is 0 Å². The maximum Gasteiger partial charge on any atom is 0.276 e. The summed E-state index contributed by atoms with van der Waals surface area (Å²) in [6.07, 6.45) is 2.92. The average Bonchev–Trinajstić information content (AvgIpc) is 3.15. The molecule has 6 nitrogen and oxygen atoms in total. The smallest absolute Gasteiger partial charge is 0.276 e. The molecule has 2 aromatic heterocycles. The molecule has 7 heteroatoms. The average molecular weight is 367 g/mol. The highest BCUT2D eigenvalue weighted by Gasteiger charge is 2.38. The molecule has 138 valence electrons. The lowest BCUT2D eigenvalue weighted by Crippen LogP contribution is -2.60. The van der Waals surface area contributed by atoms with E-state index < -0.39 is 6.10 Å². The summed E-state index contributed by atoms with van der Waals surface area (Å²) in [5.41, 5.74) is 2.73. The first kappa shape index (κ1) is 17.4. The minimum absolute atomic E-state index is 0.210. The van der Waals surface area contributed by atoms with E-state index in [9.17, 15) is 14.3 Å². The van der Waals surface area contributed by atoms with Gasteiger partial charge in [-0.2, -0.15) is 0 Å². The molecule has 1 saturated heterocycles. The molecule has 0 radical (unpaired) electrons. The fourth-order valence-corrected chi connectivity index (χ4v) is 2.99. The standard InChI is InChI=1S/C20H18FN3O3/c1-12-18(25)10-24(12)20(26)17-11-27-19(23-17)8-16-7-4-14(9-22-16)13-2-5-15(21)6-3-13/h2-7,9,11-12,18,25H,8,10H2,1H3/t12-,18-/m0/s1. The number of carbonyl (C=O) groups excluding carboxylic acids is 1. The number of oxazole rings is 1. The van der Waals surface area contributed by atoms with Crippen LogP contribution < -0.4 is 0 Å². The zero-order valence-corrected chi connectivity index (χ0v) is 14.7. The van der Waals surface area contributed by atoms with Crippen LogP contribution in [0.3, 0.4) is 0 Å². The van der Waals surface area contributed by atoms with Gasteiger partial charge in [0, 0.05) is 24.0 Å². The van der Waals surface area contributed by atoms with E-state index in [0.29, 0.717) is 18.9 Å². The second-order valence-corrected chi connectivity index (χ2v) is 6.61. The maximum absolute atomic E-state index is 13.0. The summed E-state index contributed by atoms with van der Waals surface area (Å²) in [6, 6.07) is 9.75. The number of hydrogen-bond donors (Lipinski definition) is 1. The molecule has 1 aromatic carbocycles. The molecule has 0 saturated carbocycles. The zero-order chi connectivity index (χ0) is 19.0. The Morgan fingerprint density at radius 2 is 2.00 bits per heavy atom. The van der Waals surface area contributed by atoms with Gasteiger partial charge in [-0.15, -0.1) is 0 Å². The number of halogens is 1. The molecule has 1 amide bonds. The van der Waals surface area contributed by atoms with E-state index in [1.807, 2.05) is 12.1 Å². The number of aliphatic hydroxyl groups is 1. The minimum atomic E-state index is -0.482. The molecule has 0 unspecified atom stereocenters. The zero-order valence-electron chi connectivity index (χ0n) is 14.7. The van der Waals surface area contributed by atoms with Crippen molar-refractivity contribution < 1.29 is 18.7 Å². The first-order chi connectivity index (χ1) is 13.0. The first-order valence-corrected chi connectivity index (χ1v) is 8.65. The number of β-amino-alcohol motifs (C(OH)–C–C–N with tert-alkyl or cyclic N) is 1. The van der Waals surface area contributed by atoms with Crippen molar-refractivity contribution in [2.24, 2.45) is 0 Å². The Bertz CT molecular complexity index is 953. The third-order valence-corrected chi connectivity index (χ3v) is 4.80. The lowest BCUT2D eigenvalue weighted by atomic mass is 10.0. The second-order valence-electron chi connectivity index (χ2n) is 6.61. The van der Waals surface area contributed by atoms with Crippen LogP contribution in [0.5, 0.6) is 0 Å². The number of likely N-dealkylation sites (tertiary alicyclic amines) is 1. The Kier molecular flexibility index (Phi) is 4.45. The summed E-state index contributed by atoms with van der Waals surface area (Å²) >= 11 is 0. The van der Waals surface area contributed by atoms with Gasteiger partial charge < -0.3 is 14.4 Å². The SMILES string of the molecule is C[C@H]1[C@@H](O)CN1C(=O)c1coc(Cc2ccc(-c3ccc(F)cc3)cn2)n1. The largest absolute Gasteiger partial charge is 0.448 e. The van der Waals surface area contributed by atoms with Crippen molar-refractivity contribution in [1.29, 1.82) is 0 Å². The van der Waals surface area contributed by atoms with E-state index in [4.69, 9.17) is 4.42 Å². The van der Waals surface area contributed by atoms with Gasteiger partial charge in [-0.1, -0.05) is 18.2 Å². The van der Waals surface area contributed by atoms with Crippen molar-refractivity contribution in [1.82, 2.24) is 14.9 Å². The molecule has 3 heterocycles. The van der Waals surface area contributed by atoms with Crippen molar-refractivity contribution in [3.8, 4) is 11.1 Å². The number of rotatable bonds is 4. The van der Waals surface area contributed by atoms with Gasteiger partial charge in [0.1, 0.15) is 12.1 Å². The summed E-state index contributed by atoms with van der Waals surface area (Å²) in [4.78, 5) is 22.5.